The van der Waals surface area contributed by atoms with E-state index in [9.17, 15) is 9.59 Å². The van der Waals surface area contributed by atoms with E-state index in [-0.39, 0.29) is 18.0 Å². The van der Waals surface area contributed by atoms with Gasteiger partial charge in [0.15, 0.2) is 5.82 Å². The molecular weight excluding hydrogens is 372 g/mol. The molecule has 1 N–H and O–H groups in total. The lowest BCUT2D eigenvalue weighted by atomic mass is 10.2. The quantitative estimate of drug-likeness (QED) is 0.740. The minimum Gasteiger partial charge on any atom is -0.340 e. The third-order valence-corrected chi connectivity index (χ3v) is 5.52. The molecule has 9 heteroatoms. The summed E-state index contributed by atoms with van der Waals surface area (Å²) < 4.78 is 5.37. The smallest absolute Gasteiger partial charge is 0.318 e. The topological polar surface area (TPSA) is 94.8 Å². The number of carbonyl (C=O) groups excluding carboxylic acids is 2. The van der Waals surface area contributed by atoms with Crippen molar-refractivity contribution in [3.63, 3.8) is 0 Å². The van der Waals surface area contributed by atoms with Crippen LogP contribution in [0.3, 0.4) is 0 Å². The first-order chi connectivity index (χ1) is 14.0. The van der Waals surface area contributed by atoms with Crippen LogP contribution in [0.4, 0.5) is 4.79 Å². The first-order valence-corrected chi connectivity index (χ1v) is 10.8. The van der Waals surface area contributed by atoms with Crippen LogP contribution >= 0.6 is 0 Å². The molecule has 9 nitrogen and oxygen atoms in total. The number of likely N-dealkylation sites (tertiary alicyclic amines) is 1. The SMILES string of the molecule is CCNC(=O)N1CCCC1c1noc(CCC(=O)N2CCN(CC(C)C)CC2)n1. The maximum absolute atomic E-state index is 12.5. The average Bonchev–Trinajstić information content (AvgIpc) is 3.35. The summed E-state index contributed by atoms with van der Waals surface area (Å²) in [6, 6.07) is -0.239. The highest BCUT2D eigenvalue weighted by Gasteiger charge is 2.33. The van der Waals surface area contributed by atoms with Crippen LogP contribution in [-0.2, 0) is 11.2 Å². The molecule has 1 atom stereocenters. The van der Waals surface area contributed by atoms with Crippen LogP contribution in [0.2, 0.25) is 0 Å². The van der Waals surface area contributed by atoms with Crippen molar-refractivity contribution in [1.29, 1.82) is 0 Å². The molecule has 2 fully saturated rings. The van der Waals surface area contributed by atoms with Crippen LogP contribution in [-0.4, -0.2) is 82.6 Å². The second-order valence-corrected chi connectivity index (χ2v) is 8.31. The number of hydrogen-bond acceptors (Lipinski definition) is 6. The van der Waals surface area contributed by atoms with Crippen molar-refractivity contribution < 1.29 is 14.1 Å². The maximum Gasteiger partial charge on any atom is 0.318 e. The molecule has 3 rings (SSSR count). The Balaban J connectivity index is 1.47. The van der Waals surface area contributed by atoms with E-state index in [4.69, 9.17) is 4.52 Å². The van der Waals surface area contributed by atoms with Crippen molar-refractivity contribution in [2.45, 2.75) is 52.5 Å². The van der Waals surface area contributed by atoms with Gasteiger partial charge in [-0.05, 0) is 25.7 Å². The van der Waals surface area contributed by atoms with Crippen molar-refractivity contribution in [2.75, 3.05) is 45.8 Å². The number of piperazine rings is 1. The summed E-state index contributed by atoms with van der Waals surface area (Å²) >= 11 is 0. The molecule has 0 saturated carbocycles. The van der Waals surface area contributed by atoms with Gasteiger partial charge in [0.2, 0.25) is 11.8 Å². The Labute approximate surface area is 172 Å². The van der Waals surface area contributed by atoms with Crippen LogP contribution < -0.4 is 5.32 Å². The summed E-state index contributed by atoms with van der Waals surface area (Å²) in [5.74, 6) is 1.79. The Morgan fingerprint density at radius 1 is 1.21 bits per heavy atom. The zero-order valence-corrected chi connectivity index (χ0v) is 17.9. The summed E-state index contributed by atoms with van der Waals surface area (Å²) in [5.41, 5.74) is 0. The molecule has 29 heavy (non-hydrogen) atoms. The van der Waals surface area contributed by atoms with Gasteiger partial charge in [-0.2, -0.15) is 4.98 Å². The standard InChI is InChI=1S/C20H34N6O3/c1-4-21-20(28)26-9-5-6-16(26)19-22-17(29-23-19)7-8-18(27)25-12-10-24(11-13-25)14-15(2)3/h15-16H,4-14H2,1-3H3,(H,21,28). The van der Waals surface area contributed by atoms with Gasteiger partial charge in [0.1, 0.15) is 0 Å². The van der Waals surface area contributed by atoms with Gasteiger partial charge in [-0.25, -0.2) is 4.79 Å². The summed E-state index contributed by atoms with van der Waals surface area (Å²) in [5, 5.41) is 6.91. The number of nitrogens with one attached hydrogen (secondary N) is 1. The number of hydrogen-bond donors (Lipinski definition) is 1. The number of carbonyl (C=O) groups is 2. The minimum absolute atomic E-state index is 0.0897. The van der Waals surface area contributed by atoms with Crippen molar-refractivity contribution in [1.82, 2.24) is 30.2 Å². The summed E-state index contributed by atoms with van der Waals surface area (Å²) in [6.07, 6.45) is 2.56. The minimum atomic E-state index is -0.149. The lowest BCUT2D eigenvalue weighted by Gasteiger charge is -2.35. The fourth-order valence-electron chi connectivity index (χ4n) is 4.10. The highest BCUT2D eigenvalue weighted by atomic mass is 16.5. The monoisotopic (exact) mass is 406 g/mol. The highest BCUT2D eigenvalue weighted by molar-refractivity contribution is 5.76. The van der Waals surface area contributed by atoms with Gasteiger partial charge in [0.05, 0.1) is 6.04 Å². The van der Waals surface area contributed by atoms with Gasteiger partial charge in [-0.1, -0.05) is 19.0 Å². The van der Waals surface area contributed by atoms with Crippen LogP contribution in [0.15, 0.2) is 4.52 Å². The molecule has 1 aromatic rings. The van der Waals surface area contributed by atoms with Crippen LogP contribution in [0.1, 0.15) is 57.8 Å². The van der Waals surface area contributed by atoms with E-state index in [2.05, 4.69) is 34.2 Å². The van der Waals surface area contributed by atoms with Gasteiger partial charge < -0.3 is 19.6 Å². The van der Waals surface area contributed by atoms with Crippen LogP contribution in [0, 0.1) is 5.92 Å². The van der Waals surface area contributed by atoms with Crippen molar-refractivity contribution in [3.8, 4) is 0 Å². The Hall–Kier alpha value is -2.16. The van der Waals surface area contributed by atoms with Crippen molar-refractivity contribution in [3.05, 3.63) is 11.7 Å². The number of amides is 3. The largest absolute Gasteiger partial charge is 0.340 e. The van der Waals surface area contributed by atoms with E-state index < -0.39 is 0 Å². The molecule has 0 spiro atoms. The Morgan fingerprint density at radius 3 is 2.66 bits per heavy atom. The van der Waals surface area contributed by atoms with Crippen molar-refractivity contribution >= 4 is 11.9 Å². The predicted octanol–water partition coefficient (Wildman–Crippen LogP) is 1.67. The molecule has 0 bridgehead atoms. The Bertz CT molecular complexity index is 684. The number of aromatic nitrogens is 2. The summed E-state index contributed by atoms with van der Waals surface area (Å²) in [6.45, 7) is 12.1. The molecule has 1 unspecified atom stereocenters. The van der Waals surface area contributed by atoms with Crippen molar-refractivity contribution in [2.24, 2.45) is 5.92 Å². The third kappa shape index (κ3) is 5.68. The Morgan fingerprint density at radius 2 is 1.97 bits per heavy atom. The van der Waals surface area contributed by atoms with Gasteiger partial charge in [-0.3, -0.25) is 9.69 Å². The van der Waals surface area contributed by atoms with E-state index in [0.717, 1.165) is 45.6 Å². The van der Waals surface area contributed by atoms with Gasteiger partial charge >= 0.3 is 6.03 Å². The summed E-state index contributed by atoms with van der Waals surface area (Å²) in [7, 11) is 0. The fraction of sp³-hybridized carbons (Fsp3) is 0.800. The zero-order valence-electron chi connectivity index (χ0n) is 17.9. The molecule has 3 amide bonds. The molecule has 1 aromatic heterocycles. The molecule has 2 aliphatic heterocycles. The normalized spacial score (nSPS) is 20.5. The molecule has 2 saturated heterocycles. The van der Waals surface area contributed by atoms with E-state index in [1.807, 2.05) is 11.8 Å². The average molecular weight is 407 g/mol. The number of aryl methyl sites for hydroxylation is 1. The third-order valence-electron chi connectivity index (χ3n) is 5.52. The molecule has 162 valence electrons. The second-order valence-electron chi connectivity index (χ2n) is 8.31. The van der Waals surface area contributed by atoms with Crippen LogP contribution in [0.25, 0.3) is 0 Å². The fourth-order valence-corrected chi connectivity index (χ4v) is 4.10. The van der Waals surface area contributed by atoms with Gasteiger partial charge in [-0.15, -0.1) is 0 Å². The van der Waals surface area contributed by atoms with E-state index >= 15 is 0 Å². The Kier molecular flexibility index (Phi) is 7.46. The summed E-state index contributed by atoms with van der Waals surface area (Å²) in [4.78, 5) is 35.3. The highest BCUT2D eigenvalue weighted by Crippen LogP contribution is 2.30. The molecule has 0 radical (unpaired) electrons. The van der Waals surface area contributed by atoms with E-state index in [1.165, 1.54) is 0 Å². The van der Waals surface area contributed by atoms with Gasteiger partial charge in [0, 0.05) is 58.7 Å². The second kappa shape index (κ2) is 10.0. The number of nitrogens with zero attached hydrogens (tertiary/aromatic N) is 5. The molecular formula is C20H34N6O3. The molecule has 0 aromatic carbocycles. The maximum atomic E-state index is 12.5. The van der Waals surface area contributed by atoms with Gasteiger partial charge in [0.25, 0.3) is 0 Å². The zero-order chi connectivity index (χ0) is 20.8. The first kappa shape index (κ1) is 21.5. The first-order valence-electron chi connectivity index (χ1n) is 10.8. The van der Waals surface area contributed by atoms with E-state index in [1.54, 1.807) is 4.90 Å². The van der Waals surface area contributed by atoms with E-state index in [0.29, 0.717) is 43.6 Å². The number of urea groups is 1. The molecule has 2 aliphatic rings. The predicted molar refractivity (Wildman–Crippen MR) is 108 cm³/mol. The van der Waals surface area contributed by atoms with Crippen LogP contribution in [0.5, 0.6) is 0 Å². The molecule has 0 aliphatic carbocycles. The lowest BCUT2D eigenvalue weighted by molar-refractivity contribution is -0.133. The number of rotatable bonds is 7. The molecule has 3 heterocycles. The lowest BCUT2D eigenvalue weighted by Crippen LogP contribution is -2.49.